The molecule has 0 amide bonds. The normalized spacial score (nSPS) is 12.9. The highest BCUT2D eigenvalue weighted by Crippen LogP contribution is 2.21. The summed E-state index contributed by atoms with van der Waals surface area (Å²) < 4.78 is 0. The lowest BCUT2D eigenvalue weighted by Crippen LogP contribution is -2.21. The second-order valence-corrected chi connectivity index (χ2v) is 5.15. The Morgan fingerprint density at radius 2 is 2.00 bits per heavy atom. The fraction of sp³-hybridized carbons (Fsp3) is 0.833. The Bertz CT molecular complexity index is 286. The number of hydrogen-bond acceptors (Lipinski definition) is 4. The fourth-order valence-corrected chi connectivity index (χ4v) is 2.60. The Kier molecular flexibility index (Phi) is 6.57. The lowest BCUT2D eigenvalue weighted by molar-refractivity contribution is 0.512. The van der Waals surface area contributed by atoms with E-state index in [-0.39, 0.29) is 0 Å². The molecular weight excluding hydrogens is 218 g/mol. The first kappa shape index (κ1) is 13.6. The van der Waals surface area contributed by atoms with Gasteiger partial charge in [0.2, 0.25) is 0 Å². The zero-order valence-corrected chi connectivity index (χ0v) is 11.4. The molecule has 4 heteroatoms. The highest BCUT2D eigenvalue weighted by atomic mass is 32.1. The first-order valence-corrected chi connectivity index (χ1v) is 7.19. The first-order valence-electron chi connectivity index (χ1n) is 6.37. The number of aromatic nitrogens is 2. The second-order valence-electron chi connectivity index (χ2n) is 4.05. The zero-order chi connectivity index (χ0) is 11.8. The van der Waals surface area contributed by atoms with Crippen molar-refractivity contribution in [3.8, 4) is 0 Å². The molecule has 1 atom stereocenters. The predicted molar refractivity (Wildman–Crippen MR) is 69.8 cm³/mol. The van der Waals surface area contributed by atoms with Crippen molar-refractivity contribution < 1.29 is 0 Å². The van der Waals surface area contributed by atoms with Gasteiger partial charge in [0, 0.05) is 6.42 Å². The van der Waals surface area contributed by atoms with Gasteiger partial charge < -0.3 is 5.32 Å². The van der Waals surface area contributed by atoms with Crippen molar-refractivity contribution in [1.82, 2.24) is 15.5 Å². The monoisotopic (exact) mass is 241 g/mol. The third-order valence-electron chi connectivity index (χ3n) is 2.57. The average Bonchev–Trinajstić information content (AvgIpc) is 2.76. The summed E-state index contributed by atoms with van der Waals surface area (Å²) in [6.07, 6.45) is 5.77. The summed E-state index contributed by atoms with van der Waals surface area (Å²) in [5, 5.41) is 14.4. The van der Waals surface area contributed by atoms with E-state index >= 15 is 0 Å². The fourth-order valence-electron chi connectivity index (χ4n) is 1.56. The molecule has 1 rings (SSSR count). The molecule has 0 radical (unpaired) electrons. The van der Waals surface area contributed by atoms with Gasteiger partial charge in [0.15, 0.2) is 0 Å². The Hall–Kier alpha value is -0.480. The van der Waals surface area contributed by atoms with Crippen LogP contribution in [0.4, 0.5) is 0 Å². The molecule has 1 N–H and O–H groups in total. The Morgan fingerprint density at radius 1 is 1.19 bits per heavy atom. The van der Waals surface area contributed by atoms with Crippen LogP contribution in [0.25, 0.3) is 0 Å². The minimum atomic E-state index is 0.396. The van der Waals surface area contributed by atoms with E-state index in [4.69, 9.17) is 0 Å². The van der Waals surface area contributed by atoms with Crippen LogP contribution >= 0.6 is 11.3 Å². The van der Waals surface area contributed by atoms with Gasteiger partial charge in [-0.3, -0.25) is 0 Å². The first-order chi connectivity index (χ1) is 7.81. The van der Waals surface area contributed by atoms with Crippen LogP contribution in [0.15, 0.2) is 0 Å². The quantitative estimate of drug-likeness (QED) is 0.758. The number of aryl methyl sites for hydroxylation is 1. The predicted octanol–water partition coefficient (Wildman–Crippen LogP) is 3.33. The van der Waals surface area contributed by atoms with Gasteiger partial charge in [-0.1, -0.05) is 38.5 Å². The highest BCUT2D eigenvalue weighted by Gasteiger charge is 2.13. The van der Waals surface area contributed by atoms with Gasteiger partial charge in [0.1, 0.15) is 10.0 Å². The van der Waals surface area contributed by atoms with Crippen molar-refractivity contribution in [3.63, 3.8) is 0 Å². The Morgan fingerprint density at radius 3 is 2.62 bits per heavy atom. The third-order valence-corrected chi connectivity index (χ3v) is 3.67. The highest BCUT2D eigenvalue weighted by molar-refractivity contribution is 7.11. The second kappa shape index (κ2) is 7.74. The lowest BCUT2D eigenvalue weighted by atomic mass is 10.2. The van der Waals surface area contributed by atoms with E-state index in [9.17, 15) is 0 Å². The van der Waals surface area contributed by atoms with Crippen LogP contribution in [0, 0.1) is 0 Å². The summed E-state index contributed by atoms with van der Waals surface area (Å²) in [6, 6.07) is 0.396. The number of rotatable bonds is 8. The molecule has 0 spiro atoms. The van der Waals surface area contributed by atoms with Crippen LogP contribution in [-0.4, -0.2) is 16.7 Å². The van der Waals surface area contributed by atoms with Gasteiger partial charge in [-0.05, 0) is 25.8 Å². The Labute approximate surface area is 103 Å². The minimum absolute atomic E-state index is 0.396. The van der Waals surface area contributed by atoms with Crippen molar-refractivity contribution in [2.45, 2.75) is 58.9 Å². The molecule has 1 unspecified atom stereocenters. The molecule has 0 bridgehead atoms. The summed E-state index contributed by atoms with van der Waals surface area (Å²) in [5.74, 6) is 0. The summed E-state index contributed by atoms with van der Waals surface area (Å²) in [6.45, 7) is 7.65. The van der Waals surface area contributed by atoms with Gasteiger partial charge in [0.05, 0.1) is 6.04 Å². The molecule has 1 aromatic rings. The molecule has 0 saturated carbocycles. The molecule has 0 aliphatic heterocycles. The molecule has 0 saturated heterocycles. The molecule has 0 fully saturated rings. The summed E-state index contributed by atoms with van der Waals surface area (Å²) >= 11 is 1.77. The molecule has 1 aromatic heterocycles. The number of nitrogens with one attached hydrogen (secondary N) is 1. The zero-order valence-electron chi connectivity index (χ0n) is 10.6. The minimum Gasteiger partial charge on any atom is -0.308 e. The van der Waals surface area contributed by atoms with Crippen molar-refractivity contribution in [3.05, 3.63) is 10.0 Å². The van der Waals surface area contributed by atoms with Crippen molar-refractivity contribution >= 4 is 11.3 Å². The van der Waals surface area contributed by atoms with Gasteiger partial charge in [-0.2, -0.15) is 0 Å². The number of nitrogens with zero attached hydrogens (tertiary/aromatic N) is 2. The van der Waals surface area contributed by atoms with Gasteiger partial charge >= 0.3 is 0 Å². The van der Waals surface area contributed by atoms with Crippen molar-refractivity contribution in [1.29, 1.82) is 0 Å². The number of unbranched alkanes of at least 4 members (excludes halogenated alkanes) is 1. The van der Waals surface area contributed by atoms with Crippen LogP contribution in [0.2, 0.25) is 0 Å². The largest absolute Gasteiger partial charge is 0.308 e. The maximum atomic E-state index is 4.30. The van der Waals surface area contributed by atoms with E-state index in [2.05, 4.69) is 36.3 Å². The molecule has 3 nitrogen and oxygen atoms in total. The van der Waals surface area contributed by atoms with Gasteiger partial charge in [-0.25, -0.2) is 0 Å². The van der Waals surface area contributed by atoms with E-state index < -0.39 is 0 Å². The number of hydrogen-bond donors (Lipinski definition) is 1. The third kappa shape index (κ3) is 4.18. The molecule has 92 valence electrons. The average molecular weight is 241 g/mol. The maximum Gasteiger partial charge on any atom is 0.134 e. The van der Waals surface area contributed by atoms with Crippen LogP contribution in [0.1, 0.15) is 62.5 Å². The molecule has 1 heterocycles. The van der Waals surface area contributed by atoms with Crippen molar-refractivity contribution in [2.24, 2.45) is 0 Å². The van der Waals surface area contributed by atoms with Gasteiger partial charge in [0.25, 0.3) is 0 Å². The van der Waals surface area contributed by atoms with E-state index in [0.29, 0.717) is 6.04 Å². The molecule has 0 aliphatic rings. The molecule has 0 aromatic carbocycles. The summed E-state index contributed by atoms with van der Waals surface area (Å²) in [7, 11) is 0. The molecule has 0 aliphatic carbocycles. The summed E-state index contributed by atoms with van der Waals surface area (Å²) in [5.41, 5.74) is 0. The van der Waals surface area contributed by atoms with Crippen LogP contribution in [0.5, 0.6) is 0 Å². The summed E-state index contributed by atoms with van der Waals surface area (Å²) in [4.78, 5) is 0. The lowest BCUT2D eigenvalue weighted by Gasteiger charge is -2.12. The van der Waals surface area contributed by atoms with E-state index in [1.54, 1.807) is 11.3 Å². The maximum absolute atomic E-state index is 4.30. The standard InChI is InChI=1S/C12H23N3S/c1-4-7-8-11-14-15-12(16-11)10(6-3)13-9-5-2/h10,13H,4-9H2,1-3H3. The topological polar surface area (TPSA) is 37.8 Å². The van der Waals surface area contributed by atoms with Crippen LogP contribution in [0.3, 0.4) is 0 Å². The molecule has 16 heavy (non-hydrogen) atoms. The van der Waals surface area contributed by atoms with E-state index in [1.165, 1.54) is 17.8 Å². The van der Waals surface area contributed by atoms with E-state index in [0.717, 1.165) is 30.8 Å². The van der Waals surface area contributed by atoms with Crippen LogP contribution < -0.4 is 5.32 Å². The smallest absolute Gasteiger partial charge is 0.134 e. The molecular formula is C12H23N3S. The van der Waals surface area contributed by atoms with Crippen LogP contribution in [-0.2, 0) is 6.42 Å². The van der Waals surface area contributed by atoms with E-state index in [1.807, 2.05) is 0 Å². The SMILES string of the molecule is CCCCc1nnc(C(CC)NCCC)s1. The van der Waals surface area contributed by atoms with Crippen molar-refractivity contribution in [2.75, 3.05) is 6.54 Å². The van der Waals surface area contributed by atoms with Gasteiger partial charge in [-0.15, -0.1) is 10.2 Å². The Balaban J connectivity index is 2.52.